The second-order valence-corrected chi connectivity index (χ2v) is 31.2. The number of unbranched alkanes of at least 4 members (excludes halogenated alkanes) is 35. The van der Waals surface area contributed by atoms with Gasteiger partial charge in [0.1, 0.15) is 25.4 Å². The highest BCUT2D eigenvalue weighted by Crippen LogP contribution is 2.45. The maximum absolute atomic E-state index is 13.0. The SMILES string of the molecule is CC/C=C\C/C=C\C/C=C\C/C=C\C/C=C\C/C=C\CCCCCCCCCCCCCCC(=O)OCC(O)COP(=O)(O)OCC(O)COP(=O)(O)OCC(COC(=O)CCCCCCCCCCCCC/C=C\C/C=C\C/C=C\C/C=C\CCCCC)OC(=O)CCCCCCC/C=C\CCCCCC. The van der Waals surface area contributed by atoms with Crippen LogP contribution in [-0.4, -0.2) is 95.9 Å². The molecule has 0 radical (unpaired) electrons. The number of carbonyl (C=O) groups excluding carboxylic acids is 3. The number of aliphatic hydroxyl groups excluding tert-OH is 2. The van der Waals surface area contributed by atoms with E-state index in [0.717, 1.165) is 154 Å². The van der Waals surface area contributed by atoms with E-state index >= 15 is 0 Å². The van der Waals surface area contributed by atoms with E-state index in [1.165, 1.54) is 141 Å². The summed E-state index contributed by atoms with van der Waals surface area (Å²) in [6.45, 7) is 2.54. The lowest BCUT2D eigenvalue weighted by Crippen LogP contribution is -2.30. The quantitative estimate of drug-likeness (QED) is 0.0146. The number of rotatable bonds is 80. The van der Waals surface area contributed by atoms with Crippen LogP contribution in [0, 0.1) is 0 Å². The first-order chi connectivity index (χ1) is 52.2. The molecule has 616 valence electrons. The molecule has 0 aromatic rings. The van der Waals surface area contributed by atoms with Gasteiger partial charge in [0, 0.05) is 19.3 Å². The number of esters is 3. The van der Waals surface area contributed by atoms with Gasteiger partial charge in [-0.05, 0) is 141 Å². The van der Waals surface area contributed by atoms with Crippen LogP contribution in [0.4, 0.5) is 0 Å². The summed E-state index contributed by atoms with van der Waals surface area (Å²) in [6, 6.07) is 0. The van der Waals surface area contributed by atoms with Gasteiger partial charge in [-0.2, -0.15) is 0 Å². The summed E-state index contributed by atoms with van der Waals surface area (Å²) in [5, 5.41) is 20.7. The van der Waals surface area contributed by atoms with Crippen LogP contribution in [0.5, 0.6) is 0 Å². The van der Waals surface area contributed by atoms with Crippen LogP contribution >= 0.6 is 15.6 Å². The van der Waals surface area contributed by atoms with Crippen LogP contribution in [0.25, 0.3) is 0 Å². The van der Waals surface area contributed by atoms with Gasteiger partial charge in [0.25, 0.3) is 0 Å². The number of carbonyl (C=O) groups is 3. The lowest BCUT2D eigenvalue weighted by Gasteiger charge is -2.21. The molecule has 5 unspecified atom stereocenters. The first-order valence-corrected chi connectivity index (χ1v) is 45.5. The van der Waals surface area contributed by atoms with Crippen LogP contribution in [0.3, 0.4) is 0 Å². The van der Waals surface area contributed by atoms with E-state index in [9.17, 15) is 43.5 Å². The fourth-order valence-corrected chi connectivity index (χ4v) is 13.0. The zero-order valence-corrected chi connectivity index (χ0v) is 69.3. The second kappa shape index (κ2) is 81.2. The summed E-state index contributed by atoms with van der Waals surface area (Å²) in [5.74, 6) is -1.58. The Balaban J connectivity index is 4.47. The number of ether oxygens (including phenoxy) is 3. The van der Waals surface area contributed by atoms with Gasteiger partial charge < -0.3 is 34.2 Å². The molecule has 0 aromatic heterocycles. The topological polar surface area (TPSA) is 231 Å². The second-order valence-electron chi connectivity index (χ2n) is 28.2. The Kier molecular flexibility index (Phi) is 77.9. The molecular formula is C89H154O16P2. The van der Waals surface area contributed by atoms with E-state index in [4.69, 9.17) is 32.3 Å². The van der Waals surface area contributed by atoms with Crippen molar-refractivity contribution in [1.29, 1.82) is 0 Å². The summed E-state index contributed by atoms with van der Waals surface area (Å²) in [7, 11) is -9.79. The Bertz CT molecular complexity index is 2480. The largest absolute Gasteiger partial charge is 0.472 e. The normalized spacial score (nSPS) is 14.6. The van der Waals surface area contributed by atoms with Crippen molar-refractivity contribution in [2.45, 2.75) is 373 Å². The molecular weight excluding hydrogens is 1390 g/mol. The van der Waals surface area contributed by atoms with Crippen LogP contribution < -0.4 is 0 Å². The molecule has 107 heavy (non-hydrogen) atoms. The van der Waals surface area contributed by atoms with Crippen molar-refractivity contribution < 1.29 is 75.8 Å². The van der Waals surface area contributed by atoms with Gasteiger partial charge in [-0.3, -0.25) is 32.5 Å². The highest BCUT2D eigenvalue weighted by Gasteiger charge is 2.29. The number of aliphatic hydroxyl groups is 2. The highest BCUT2D eigenvalue weighted by molar-refractivity contribution is 7.47. The molecule has 0 aliphatic heterocycles. The van der Waals surface area contributed by atoms with Crippen molar-refractivity contribution in [3.8, 4) is 0 Å². The molecule has 0 saturated heterocycles. The number of hydrogen-bond donors (Lipinski definition) is 4. The first-order valence-electron chi connectivity index (χ1n) is 42.5. The lowest BCUT2D eigenvalue weighted by atomic mass is 10.0. The lowest BCUT2D eigenvalue weighted by molar-refractivity contribution is -0.161. The van der Waals surface area contributed by atoms with E-state index in [-0.39, 0.29) is 19.3 Å². The molecule has 0 aromatic carbocycles. The number of phosphoric ester groups is 2. The highest BCUT2D eigenvalue weighted by atomic mass is 31.2. The molecule has 5 atom stereocenters. The van der Waals surface area contributed by atoms with Gasteiger partial charge in [-0.25, -0.2) is 9.13 Å². The molecule has 0 fully saturated rings. The van der Waals surface area contributed by atoms with Gasteiger partial charge in [0.15, 0.2) is 6.10 Å². The van der Waals surface area contributed by atoms with E-state index in [1.807, 2.05) is 0 Å². The molecule has 0 aliphatic carbocycles. The average Bonchev–Trinajstić information content (AvgIpc) is 1.06. The number of hydrogen-bond acceptors (Lipinski definition) is 14. The third-order valence-electron chi connectivity index (χ3n) is 17.8. The Morgan fingerprint density at radius 3 is 0.813 bits per heavy atom. The fourth-order valence-electron chi connectivity index (χ4n) is 11.4. The van der Waals surface area contributed by atoms with E-state index < -0.39 is 91.5 Å². The fraction of sp³-hybridized carbons (Fsp3) is 0.719. The summed E-state index contributed by atoms with van der Waals surface area (Å²) < 4.78 is 61.2. The van der Waals surface area contributed by atoms with Crippen molar-refractivity contribution in [2.24, 2.45) is 0 Å². The number of phosphoric acid groups is 2. The van der Waals surface area contributed by atoms with Crippen LogP contribution in [0.15, 0.2) is 134 Å². The van der Waals surface area contributed by atoms with Gasteiger partial charge >= 0.3 is 33.6 Å². The minimum Gasteiger partial charge on any atom is -0.463 e. The Hall–Kier alpha value is -4.31. The summed E-state index contributed by atoms with van der Waals surface area (Å²) >= 11 is 0. The van der Waals surface area contributed by atoms with E-state index in [0.29, 0.717) is 19.3 Å². The predicted octanol–water partition coefficient (Wildman–Crippen LogP) is 25.4. The Morgan fingerprint density at radius 2 is 0.495 bits per heavy atom. The van der Waals surface area contributed by atoms with Gasteiger partial charge in [0.2, 0.25) is 0 Å². The molecule has 0 amide bonds. The number of allylic oxidation sites excluding steroid dienone is 22. The standard InChI is InChI=1S/C89H154O16P2/c1-4-7-10-13-16-19-22-25-27-29-31-33-35-37-39-40-41-42-44-46-47-49-51-53-55-58-60-63-66-69-72-75-87(92)99-78-84(90)79-101-106(95,96)102-80-85(91)81-103-107(97,98)104-83-86(105-89(94)77-74-71-68-65-62-57-24-21-18-15-12-9-6-3)82-100-88(93)76-73-70-67-64-61-59-56-54-52-50-48-45-43-38-36-34-32-30-28-26-23-20-17-14-11-8-5-2/h7,10,16-17,19-21,24-28,31-34,37-39,41-43,84-86,90-91H,4-6,8-9,11-15,18,22-23,29-30,35-36,40,44-83H2,1-3H3,(H,95,96)(H,97,98)/b10-7-,19-16-,20-17-,24-21-,27-25-,28-26-,33-31-,34-32-,39-37-,42-41-,43-38-. The van der Waals surface area contributed by atoms with Crippen molar-refractivity contribution in [2.75, 3.05) is 39.6 Å². The molecule has 0 bridgehead atoms. The minimum atomic E-state index is -4.93. The van der Waals surface area contributed by atoms with Crippen LogP contribution in [0.2, 0.25) is 0 Å². The zero-order valence-electron chi connectivity index (χ0n) is 67.5. The minimum absolute atomic E-state index is 0.0932. The molecule has 0 saturated carbocycles. The van der Waals surface area contributed by atoms with E-state index in [1.54, 1.807) is 0 Å². The molecule has 0 heterocycles. The maximum Gasteiger partial charge on any atom is 0.472 e. The van der Waals surface area contributed by atoms with Gasteiger partial charge in [-0.1, -0.05) is 328 Å². The molecule has 0 aliphatic rings. The first kappa shape index (κ1) is 103. The Labute approximate surface area is 652 Å². The monoisotopic (exact) mass is 1540 g/mol. The predicted molar refractivity (Wildman–Crippen MR) is 445 cm³/mol. The Morgan fingerprint density at radius 1 is 0.271 bits per heavy atom. The van der Waals surface area contributed by atoms with E-state index in [2.05, 4.69) is 154 Å². The molecule has 0 spiro atoms. The maximum atomic E-state index is 13.0. The van der Waals surface area contributed by atoms with Crippen LogP contribution in [0.1, 0.15) is 355 Å². The van der Waals surface area contributed by atoms with Gasteiger partial charge in [0.05, 0.1) is 26.4 Å². The van der Waals surface area contributed by atoms with Crippen molar-refractivity contribution in [3.63, 3.8) is 0 Å². The molecule has 16 nitrogen and oxygen atoms in total. The van der Waals surface area contributed by atoms with Crippen molar-refractivity contribution >= 4 is 33.6 Å². The summed E-state index contributed by atoms with van der Waals surface area (Å²) in [4.78, 5) is 58.7. The van der Waals surface area contributed by atoms with Crippen molar-refractivity contribution in [1.82, 2.24) is 0 Å². The van der Waals surface area contributed by atoms with Crippen molar-refractivity contribution in [3.05, 3.63) is 134 Å². The third-order valence-corrected chi connectivity index (χ3v) is 19.7. The molecule has 0 rings (SSSR count). The summed E-state index contributed by atoms with van der Waals surface area (Å²) in [6.07, 6.45) is 99.3. The van der Waals surface area contributed by atoms with Gasteiger partial charge in [-0.15, -0.1) is 0 Å². The molecule has 4 N–H and O–H groups in total. The molecule has 18 heteroatoms. The van der Waals surface area contributed by atoms with Crippen LogP contribution in [-0.2, 0) is 55.8 Å². The zero-order chi connectivity index (χ0) is 78.0. The smallest absolute Gasteiger partial charge is 0.463 e. The average molecular weight is 1540 g/mol. The summed E-state index contributed by atoms with van der Waals surface area (Å²) in [5.41, 5.74) is 0. The third kappa shape index (κ3) is 82.5.